The Balaban J connectivity index is 0.00000222. The summed E-state index contributed by atoms with van der Waals surface area (Å²) in [5.74, 6) is -1.25. The Hall–Kier alpha value is -3.60. The van der Waals surface area contributed by atoms with Crippen molar-refractivity contribution >= 4 is 17.9 Å². The monoisotopic (exact) mass is 507 g/mol. The number of benzene rings is 1. The zero-order valence-electron chi connectivity index (χ0n) is 20.3. The first-order valence-corrected chi connectivity index (χ1v) is 11.5. The predicted molar refractivity (Wildman–Crippen MR) is 129 cm³/mol. The molecule has 1 atom stereocenters. The summed E-state index contributed by atoms with van der Waals surface area (Å²) in [6.07, 6.45) is -0.104. The highest BCUT2D eigenvalue weighted by molar-refractivity contribution is 5.92. The highest BCUT2D eigenvalue weighted by Gasteiger charge is 2.32. The highest BCUT2D eigenvalue weighted by atomic mass is 19.4. The third-order valence-electron chi connectivity index (χ3n) is 5.07. The Morgan fingerprint density at radius 3 is 2.58 bits per heavy atom. The molecular weight excluding hydrogens is 478 g/mol. The molecule has 2 N–H and O–H groups in total. The molecule has 7 nitrogen and oxygen atoms in total. The number of nitrogens with zero attached hydrogens (tertiary/aromatic N) is 3. The van der Waals surface area contributed by atoms with Crippen LogP contribution in [-0.2, 0) is 22.2 Å². The maximum Gasteiger partial charge on any atom is 0.433 e. The molecular formula is C25H29F4N5O2. The fourth-order valence-electron chi connectivity index (χ4n) is 3.39. The van der Waals surface area contributed by atoms with Crippen molar-refractivity contribution < 1.29 is 27.2 Å². The smallest absolute Gasteiger partial charge is 0.326 e. The van der Waals surface area contributed by atoms with E-state index in [9.17, 15) is 27.2 Å². The van der Waals surface area contributed by atoms with Crippen LogP contribution in [0.1, 0.15) is 44.1 Å². The number of rotatable bonds is 10. The number of hydrogen-bond donors (Lipinski definition) is 2. The molecule has 3 aromatic rings. The predicted octanol–water partition coefficient (Wildman–Crippen LogP) is 5.05. The first-order chi connectivity index (χ1) is 17.2. The summed E-state index contributed by atoms with van der Waals surface area (Å²) >= 11 is 0. The molecule has 194 valence electrons. The molecule has 0 aliphatic carbocycles. The van der Waals surface area contributed by atoms with Gasteiger partial charge in [-0.05, 0) is 50.3 Å². The quantitative estimate of drug-likeness (QED) is 0.296. The van der Waals surface area contributed by atoms with Crippen molar-refractivity contribution in [2.75, 3.05) is 18.9 Å². The number of amides is 1. The third-order valence-corrected chi connectivity index (χ3v) is 5.07. The van der Waals surface area contributed by atoms with Gasteiger partial charge in [0.15, 0.2) is 0 Å². The van der Waals surface area contributed by atoms with Crippen LogP contribution in [0, 0.1) is 5.82 Å². The lowest BCUT2D eigenvalue weighted by Gasteiger charge is -2.14. The van der Waals surface area contributed by atoms with Gasteiger partial charge in [0.25, 0.3) is 0 Å². The second kappa shape index (κ2) is 13.5. The molecule has 1 aromatic carbocycles. The number of anilines is 1. The Morgan fingerprint density at radius 1 is 1.19 bits per heavy atom. The van der Waals surface area contributed by atoms with Crippen molar-refractivity contribution in [2.24, 2.45) is 0 Å². The normalized spacial score (nSPS) is 11.9. The largest absolute Gasteiger partial charge is 0.433 e. The SMILES string of the molecule is CC.CNCCC(CC=O)n1cc(-c2ccc(NC(=O)Cc3cccc(C(F)(F)F)n3)cc2F)cn1. The first kappa shape index (κ1) is 28.6. The molecule has 0 bridgehead atoms. The number of aromatic nitrogens is 3. The van der Waals surface area contributed by atoms with E-state index in [0.29, 0.717) is 18.5 Å². The molecule has 1 amide bonds. The summed E-state index contributed by atoms with van der Waals surface area (Å²) in [5, 5.41) is 9.73. The topological polar surface area (TPSA) is 88.9 Å². The van der Waals surface area contributed by atoms with Crippen molar-refractivity contribution in [3.8, 4) is 11.1 Å². The summed E-state index contributed by atoms with van der Waals surface area (Å²) in [6, 6.07) is 7.21. The van der Waals surface area contributed by atoms with Gasteiger partial charge < -0.3 is 15.4 Å². The van der Waals surface area contributed by atoms with Crippen LogP contribution in [0.25, 0.3) is 11.1 Å². The van der Waals surface area contributed by atoms with E-state index in [1.807, 2.05) is 13.8 Å². The zero-order valence-corrected chi connectivity index (χ0v) is 20.3. The van der Waals surface area contributed by atoms with Crippen LogP contribution in [-0.4, -0.2) is 40.6 Å². The van der Waals surface area contributed by atoms with Crippen molar-refractivity contribution in [1.82, 2.24) is 20.1 Å². The van der Waals surface area contributed by atoms with Gasteiger partial charge >= 0.3 is 6.18 Å². The first-order valence-electron chi connectivity index (χ1n) is 11.5. The van der Waals surface area contributed by atoms with Crippen LogP contribution in [0.4, 0.5) is 23.2 Å². The second-order valence-corrected chi connectivity index (χ2v) is 7.59. The summed E-state index contributed by atoms with van der Waals surface area (Å²) in [5.41, 5.74) is -0.236. The van der Waals surface area contributed by atoms with Gasteiger partial charge in [-0.3, -0.25) is 9.48 Å². The maximum absolute atomic E-state index is 14.8. The van der Waals surface area contributed by atoms with E-state index in [0.717, 1.165) is 18.4 Å². The van der Waals surface area contributed by atoms with Crippen LogP contribution in [0.3, 0.4) is 0 Å². The minimum Gasteiger partial charge on any atom is -0.326 e. The summed E-state index contributed by atoms with van der Waals surface area (Å²) in [4.78, 5) is 26.7. The number of pyridine rings is 1. The van der Waals surface area contributed by atoms with E-state index in [-0.39, 0.29) is 29.4 Å². The van der Waals surface area contributed by atoms with Crippen molar-refractivity contribution in [2.45, 2.75) is 45.3 Å². The number of carbonyl (C=O) groups is 2. The highest BCUT2D eigenvalue weighted by Crippen LogP contribution is 2.28. The molecule has 3 rings (SSSR count). The summed E-state index contributed by atoms with van der Waals surface area (Å²) in [6.45, 7) is 4.69. The second-order valence-electron chi connectivity index (χ2n) is 7.59. The Morgan fingerprint density at radius 2 is 1.94 bits per heavy atom. The molecule has 2 heterocycles. The standard InChI is InChI=1S/C23H23F4N5O2.C2H6/c1-28-9-7-18(8-10-33)32-14-15(13-29-32)19-6-5-17(11-20(19)24)31-22(34)12-16-3-2-4-21(30-16)23(25,26)27;1-2/h2-6,10-11,13-14,18,28H,7-9,12H2,1H3,(H,31,34);1-2H3. The van der Waals surface area contributed by atoms with Crippen LogP contribution in [0.5, 0.6) is 0 Å². The fourth-order valence-corrected chi connectivity index (χ4v) is 3.39. The molecule has 11 heteroatoms. The van der Waals surface area contributed by atoms with Gasteiger partial charge in [0.1, 0.15) is 17.8 Å². The van der Waals surface area contributed by atoms with E-state index in [1.54, 1.807) is 17.9 Å². The van der Waals surface area contributed by atoms with Crippen LogP contribution in [0.2, 0.25) is 0 Å². The van der Waals surface area contributed by atoms with Gasteiger partial charge in [-0.2, -0.15) is 18.3 Å². The zero-order chi connectivity index (χ0) is 26.7. The van der Waals surface area contributed by atoms with Crippen molar-refractivity contribution in [3.05, 3.63) is 66.0 Å². The number of carbonyl (C=O) groups excluding carboxylic acids is 2. The number of halogens is 4. The molecule has 1 unspecified atom stereocenters. The maximum atomic E-state index is 14.8. The lowest BCUT2D eigenvalue weighted by molar-refractivity contribution is -0.141. The van der Waals surface area contributed by atoms with Crippen molar-refractivity contribution in [1.29, 1.82) is 0 Å². The molecule has 0 fully saturated rings. The average Bonchev–Trinajstić information content (AvgIpc) is 3.32. The fraction of sp³-hybridized carbons (Fsp3) is 0.360. The lowest BCUT2D eigenvalue weighted by Crippen LogP contribution is -2.17. The van der Waals surface area contributed by atoms with Crippen LogP contribution in [0.15, 0.2) is 48.8 Å². The van der Waals surface area contributed by atoms with E-state index in [2.05, 4.69) is 20.7 Å². The van der Waals surface area contributed by atoms with E-state index in [1.165, 1.54) is 30.5 Å². The molecule has 0 aliphatic heterocycles. The number of nitrogens with one attached hydrogen (secondary N) is 2. The molecule has 0 aliphatic rings. The Labute approximate surface area is 206 Å². The Kier molecular flexibility index (Phi) is 10.7. The van der Waals surface area contributed by atoms with Gasteiger partial charge in [-0.15, -0.1) is 0 Å². The number of hydrogen-bond acceptors (Lipinski definition) is 5. The van der Waals surface area contributed by atoms with Crippen LogP contribution < -0.4 is 10.6 Å². The van der Waals surface area contributed by atoms with Crippen LogP contribution >= 0.6 is 0 Å². The van der Waals surface area contributed by atoms with Crippen molar-refractivity contribution in [3.63, 3.8) is 0 Å². The number of aldehydes is 1. The van der Waals surface area contributed by atoms with Gasteiger partial charge in [-0.1, -0.05) is 19.9 Å². The van der Waals surface area contributed by atoms with E-state index >= 15 is 0 Å². The third kappa shape index (κ3) is 7.98. The van der Waals surface area contributed by atoms with Gasteiger partial charge in [0, 0.05) is 29.4 Å². The Bertz CT molecular complexity index is 1150. The number of alkyl halides is 3. The van der Waals surface area contributed by atoms with E-state index < -0.39 is 30.0 Å². The molecule has 0 saturated heterocycles. The molecule has 2 aromatic heterocycles. The average molecular weight is 508 g/mol. The van der Waals surface area contributed by atoms with Gasteiger partial charge in [-0.25, -0.2) is 9.37 Å². The van der Waals surface area contributed by atoms with E-state index in [4.69, 9.17) is 0 Å². The van der Waals surface area contributed by atoms with Gasteiger partial charge in [0.05, 0.1) is 24.4 Å². The van der Waals surface area contributed by atoms with Gasteiger partial charge in [0.2, 0.25) is 5.91 Å². The molecule has 36 heavy (non-hydrogen) atoms. The molecule has 0 saturated carbocycles. The minimum absolute atomic E-state index is 0.0556. The lowest BCUT2D eigenvalue weighted by atomic mass is 10.1. The summed E-state index contributed by atoms with van der Waals surface area (Å²) < 4.78 is 54.7. The molecule has 0 spiro atoms. The summed E-state index contributed by atoms with van der Waals surface area (Å²) in [7, 11) is 1.80. The minimum atomic E-state index is -4.61. The molecule has 0 radical (unpaired) electrons.